The number of carbonyl (C=O) groups excluding carboxylic acids is 1. The molecule has 6 nitrogen and oxygen atoms in total. The van der Waals surface area contributed by atoms with E-state index in [1.807, 2.05) is 0 Å². The average Bonchev–Trinajstić information content (AvgIpc) is 2.52. The highest BCUT2D eigenvalue weighted by Gasteiger charge is 2.11. The van der Waals surface area contributed by atoms with E-state index in [0.29, 0.717) is 17.0 Å². The maximum atomic E-state index is 14.3. The summed E-state index contributed by atoms with van der Waals surface area (Å²) < 4.78 is 24.5. The van der Waals surface area contributed by atoms with Gasteiger partial charge in [-0.25, -0.2) is 14.2 Å². The van der Waals surface area contributed by atoms with Gasteiger partial charge in [-0.2, -0.15) is 0 Å². The first-order chi connectivity index (χ1) is 11.8. The number of carbonyl (C=O) groups is 1. The third kappa shape index (κ3) is 5.72. The Bertz CT molecular complexity index is 737. The van der Waals surface area contributed by atoms with Gasteiger partial charge in [0.25, 0.3) is 0 Å². The van der Waals surface area contributed by atoms with E-state index in [4.69, 9.17) is 20.9 Å². The van der Waals surface area contributed by atoms with Crippen molar-refractivity contribution in [3.05, 3.63) is 42.3 Å². The van der Waals surface area contributed by atoms with Gasteiger partial charge in [0, 0.05) is 18.3 Å². The van der Waals surface area contributed by atoms with Gasteiger partial charge in [0.2, 0.25) is 5.88 Å². The van der Waals surface area contributed by atoms with Crippen LogP contribution in [-0.4, -0.2) is 23.7 Å². The Hall–Kier alpha value is -2.67. The Balaban J connectivity index is 2.10. The number of rotatable bonds is 7. The molecule has 1 amide bonds. The lowest BCUT2D eigenvalue weighted by molar-refractivity contribution is 0.209. The third-order valence-corrected chi connectivity index (χ3v) is 3.43. The maximum absolute atomic E-state index is 14.3. The lowest BCUT2D eigenvalue weighted by Gasteiger charge is -2.15. The molecule has 0 saturated heterocycles. The van der Waals surface area contributed by atoms with E-state index in [1.165, 1.54) is 18.3 Å². The predicted molar refractivity (Wildman–Crippen MR) is 92.8 cm³/mol. The topological polar surface area (TPSA) is 100 Å². The number of hydrogen-bond donors (Lipinski definition) is 2. The lowest BCUT2D eigenvalue weighted by Crippen LogP contribution is -2.29. The zero-order valence-electron chi connectivity index (χ0n) is 14.2. The molecular formula is C18H22FN3O3. The molecule has 1 heterocycles. The van der Waals surface area contributed by atoms with Crippen LogP contribution in [0.3, 0.4) is 0 Å². The van der Waals surface area contributed by atoms with Gasteiger partial charge in [-0.3, -0.25) is 0 Å². The molecule has 0 spiro atoms. The Morgan fingerprint density at radius 2 is 1.96 bits per heavy atom. The van der Waals surface area contributed by atoms with Gasteiger partial charge in [-0.1, -0.05) is 19.9 Å². The molecule has 0 radical (unpaired) electrons. The molecule has 0 fully saturated rings. The Labute approximate surface area is 145 Å². The molecule has 7 heteroatoms. The van der Waals surface area contributed by atoms with Crippen molar-refractivity contribution in [1.29, 1.82) is 0 Å². The van der Waals surface area contributed by atoms with Gasteiger partial charge in [0.1, 0.15) is 6.61 Å². The fourth-order valence-corrected chi connectivity index (χ4v) is 2.42. The second kappa shape index (κ2) is 8.43. The highest BCUT2D eigenvalue weighted by molar-refractivity contribution is 5.69. The van der Waals surface area contributed by atoms with E-state index >= 15 is 0 Å². The molecule has 2 rings (SSSR count). The van der Waals surface area contributed by atoms with Gasteiger partial charge < -0.3 is 20.9 Å². The second-order valence-corrected chi connectivity index (χ2v) is 6.15. The average molecular weight is 347 g/mol. The molecule has 0 saturated carbocycles. The van der Waals surface area contributed by atoms with E-state index < -0.39 is 11.9 Å². The van der Waals surface area contributed by atoms with Crippen molar-refractivity contribution >= 4 is 6.09 Å². The molecule has 134 valence electrons. The number of nitrogens with two attached hydrogens (primary N) is 2. The monoisotopic (exact) mass is 347 g/mol. The van der Waals surface area contributed by atoms with Gasteiger partial charge in [0.05, 0.1) is 0 Å². The first kappa shape index (κ1) is 18.7. The van der Waals surface area contributed by atoms with Crippen LogP contribution >= 0.6 is 0 Å². The van der Waals surface area contributed by atoms with E-state index in [1.54, 1.807) is 18.2 Å². The summed E-state index contributed by atoms with van der Waals surface area (Å²) in [4.78, 5) is 14.6. The van der Waals surface area contributed by atoms with E-state index in [0.717, 1.165) is 6.42 Å². The van der Waals surface area contributed by atoms with E-state index in [2.05, 4.69) is 18.8 Å². The first-order valence-corrected chi connectivity index (χ1v) is 7.96. The second-order valence-electron chi connectivity index (χ2n) is 6.15. The van der Waals surface area contributed by atoms with E-state index in [-0.39, 0.29) is 24.3 Å². The molecule has 1 aromatic carbocycles. The zero-order chi connectivity index (χ0) is 18.4. The van der Waals surface area contributed by atoms with Gasteiger partial charge in [-0.05, 0) is 41.7 Å². The number of aromatic nitrogens is 1. The summed E-state index contributed by atoms with van der Waals surface area (Å²) in [5.74, 6) is 0.147. The minimum absolute atomic E-state index is 0.0467. The normalized spacial score (nSPS) is 12.0. The molecule has 0 aliphatic carbocycles. The fourth-order valence-electron chi connectivity index (χ4n) is 2.42. The van der Waals surface area contributed by atoms with Crippen LogP contribution in [0, 0.1) is 11.7 Å². The Kier molecular flexibility index (Phi) is 6.30. The van der Waals surface area contributed by atoms with Crippen molar-refractivity contribution < 1.29 is 18.7 Å². The van der Waals surface area contributed by atoms with Crippen molar-refractivity contribution in [2.24, 2.45) is 17.4 Å². The molecule has 1 aromatic heterocycles. The first-order valence-electron chi connectivity index (χ1n) is 7.96. The van der Waals surface area contributed by atoms with Crippen molar-refractivity contribution in [3.8, 4) is 22.8 Å². The van der Waals surface area contributed by atoms with Crippen molar-refractivity contribution in [2.75, 3.05) is 6.61 Å². The van der Waals surface area contributed by atoms with Crippen LogP contribution in [0.1, 0.15) is 20.3 Å². The lowest BCUT2D eigenvalue weighted by atomic mass is 10.1. The van der Waals surface area contributed by atoms with Gasteiger partial charge in [-0.15, -0.1) is 0 Å². The largest absolute Gasteiger partial charge is 0.489 e. The third-order valence-electron chi connectivity index (χ3n) is 3.43. The Morgan fingerprint density at radius 3 is 2.60 bits per heavy atom. The number of nitrogens with zero attached hydrogens (tertiary/aromatic N) is 1. The SMILES string of the molecule is CC(C)CC(N)COc1ccc(-c2ccnc(OC(N)=O)c2)cc1F. The quantitative estimate of drug-likeness (QED) is 0.801. The van der Waals surface area contributed by atoms with E-state index in [9.17, 15) is 9.18 Å². The Morgan fingerprint density at radius 1 is 1.24 bits per heavy atom. The number of ether oxygens (including phenoxy) is 2. The van der Waals surface area contributed by atoms with Crippen LogP contribution in [0.5, 0.6) is 11.6 Å². The number of benzene rings is 1. The highest BCUT2D eigenvalue weighted by atomic mass is 19.1. The van der Waals surface area contributed by atoms with Crippen LogP contribution < -0.4 is 20.9 Å². The number of pyridine rings is 1. The summed E-state index contributed by atoms with van der Waals surface area (Å²) in [6.45, 7) is 4.39. The summed E-state index contributed by atoms with van der Waals surface area (Å²) in [7, 11) is 0. The van der Waals surface area contributed by atoms with Crippen molar-refractivity contribution in [1.82, 2.24) is 4.98 Å². The summed E-state index contributed by atoms with van der Waals surface area (Å²) >= 11 is 0. The molecule has 0 bridgehead atoms. The predicted octanol–water partition coefficient (Wildman–Crippen LogP) is 3.10. The summed E-state index contributed by atoms with van der Waals surface area (Å²) in [5.41, 5.74) is 12.1. The molecular weight excluding hydrogens is 325 g/mol. The van der Waals surface area contributed by atoms with Crippen LogP contribution in [-0.2, 0) is 0 Å². The minimum Gasteiger partial charge on any atom is -0.489 e. The fraction of sp³-hybridized carbons (Fsp3) is 0.333. The standard InChI is InChI=1S/C18H22FN3O3/c1-11(2)7-14(20)10-24-16-4-3-12(8-15(16)19)13-5-6-22-17(9-13)25-18(21)23/h3-6,8-9,11,14H,7,10,20H2,1-2H3,(H2,21,23). The number of halogens is 1. The molecule has 25 heavy (non-hydrogen) atoms. The van der Waals surface area contributed by atoms with Gasteiger partial charge >= 0.3 is 6.09 Å². The van der Waals surface area contributed by atoms with Gasteiger partial charge in [0.15, 0.2) is 11.6 Å². The number of primary amides is 1. The van der Waals surface area contributed by atoms with Crippen LogP contribution in [0.15, 0.2) is 36.5 Å². The van der Waals surface area contributed by atoms with Crippen molar-refractivity contribution in [3.63, 3.8) is 0 Å². The molecule has 1 atom stereocenters. The smallest absolute Gasteiger partial charge is 0.411 e. The highest BCUT2D eigenvalue weighted by Crippen LogP contribution is 2.27. The van der Waals surface area contributed by atoms with Crippen molar-refractivity contribution in [2.45, 2.75) is 26.3 Å². The van der Waals surface area contributed by atoms with Crippen LogP contribution in [0.2, 0.25) is 0 Å². The molecule has 0 aliphatic rings. The van der Waals surface area contributed by atoms with Crippen LogP contribution in [0.4, 0.5) is 9.18 Å². The molecule has 0 aliphatic heterocycles. The number of hydrogen-bond acceptors (Lipinski definition) is 5. The zero-order valence-corrected chi connectivity index (χ0v) is 14.2. The summed E-state index contributed by atoms with van der Waals surface area (Å²) in [6.07, 6.45) is 1.29. The minimum atomic E-state index is -0.961. The van der Waals surface area contributed by atoms with Crippen LogP contribution in [0.25, 0.3) is 11.1 Å². The summed E-state index contributed by atoms with van der Waals surface area (Å²) in [5, 5.41) is 0. The number of amides is 1. The summed E-state index contributed by atoms with van der Waals surface area (Å²) in [6, 6.07) is 7.61. The molecule has 2 aromatic rings. The molecule has 1 unspecified atom stereocenters. The maximum Gasteiger partial charge on any atom is 0.411 e. The molecule has 4 N–H and O–H groups in total.